The van der Waals surface area contributed by atoms with E-state index in [4.69, 9.17) is 5.73 Å². The molecule has 2 aromatic rings. The third-order valence-electron chi connectivity index (χ3n) is 1.73. The van der Waals surface area contributed by atoms with Crippen LogP contribution in [0, 0.1) is 0 Å². The zero-order valence-corrected chi connectivity index (χ0v) is 11.5. The molecule has 0 amide bonds. The molecule has 0 radical (unpaired) electrons. The first kappa shape index (κ1) is 12.3. The average molecular weight is 335 g/mol. The summed E-state index contributed by atoms with van der Waals surface area (Å²) >= 11 is 4.06. The van der Waals surface area contributed by atoms with Crippen molar-refractivity contribution in [2.75, 3.05) is 10.5 Å². The van der Waals surface area contributed by atoms with Gasteiger partial charge in [-0.15, -0.1) is 10.2 Å². The van der Waals surface area contributed by atoms with Gasteiger partial charge in [0.15, 0.2) is 0 Å². The van der Waals surface area contributed by atoms with Crippen LogP contribution in [0.15, 0.2) is 33.1 Å². The lowest BCUT2D eigenvalue weighted by atomic mass is 10.3. The summed E-state index contributed by atoms with van der Waals surface area (Å²) in [6.45, 7) is 0. The highest BCUT2D eigenvalue weighted by atomic mass is 79.9. The highest BCUT2D eigenvalue weighted by molar-refractivity contribution is 9.10. The number of nitrogens with two attached hydrogens (primary N) is 1. The Balaban J connectivity index is 2.29. The molecule has 2 rings (SSSR count). The van der Waals surface area contributed by atoms with Crippen molar-refractivity contribution in [3.63, 3.8) is 0 Å². The maximum absolute atomic E-state index is 11.9. The van der Waals surface area contributed by atoms with Crippen LogP contribution in [0.3, 0.4) is 0 Å². The maximum Gasteiger partial charge on any atom is 0.291 e. The Morgan fingerprint density at radius 1 is 1.35 bits per heavy atom. The van der Waals surface area contributed by atoms with Crippen LogP contribution in [0.1, 0.15) is 0 Å². The van der Waals surface area contributed by atoms with Gasteiger partial charge < -0.3 is 5.73 Å². The van der Waals surface area contributed by atoms with E-state index < -0.39 is 10.0 Å². The molecule has 0 spiro atoms. The van der Waals surface area contributed by atoms with Gasteiger partial charge in [-0.05, 0) is 18.2 Å². The first-order valence-electron chi connectivity index (χ1n) is 4.35. The van der Waals surface area contributed by atoms with E-state index in [2.05, 4.69) is 30.8 Å². The first-order chi connectivity index (χ1) is 7.97. The molecule has 1 aromatic carbocycles. The Hall–Kier alpha value is -1.19. The van der Waals surface area contributed by atoms with Crippen LogP contribution in [-0.4, -0.2) is 18.6 Å². The Labute approximate surface area is 110 Å². The second-order valence-electron chi connectivity index (χ2n) is 3.02. The molecule has 90 valence electrons. The van der Waals surface area contributed by atoms with Crippen molar-refractivity contribution in [1.82, 2.24) is 10.2 Å². The molecule has 0 saturated carbocycles. The number of hydrogen-bond donors (Lipinski definition) is 2. The highest BCUT2D eigenvalue weighted by Crippen LogP contribution is 2.22. The third kappa shape index (κ3) is 2.93. The van der Waals surface area contributed by atoms with Gasteiger partial charge in [0.1, 0.15) is 0 Å². The number of nitrogen functional groups attached to an aromatic ring is 1. The van der Waals surface area contributed by atoms with Gasteiger partial charge in [-0.1, -0.05) is 33.3 Å². The molecule has 1 heterocycles. The summed E-state index contributed by atoms with van der Waals surface area (Å²) in [5.41, 5.74) is 5.78. The van der Waals surface area contributed by atoms with Crippen LogP contribution in [0.5, 0.6) is 0 Å². The minimum Gasteiger partial charge on any atom is -0.374 e. The molecule has 9 heteroatoms. The molecule has 0 atom stereocenters. The fourth-order valence-electron chi connectivity index (χ4n) is 1.08. The maximum atomic E-state index is 11.9. The van der Waals surface area contributed by atoms with E-state index in [1.807, 2.05) is 0 Å². The standard InChI is InChI=1S/C8H7BrN4O2S2/c9-5-2-1-3-6(4-5)13-17(14,15)8-12-11-7(10)16-8/h1-4,13H,(H2,10,11). The molecular weight excluding hydrogens is 328 g/mol. The van der Waals surface area contributed by atoms with Gasteiger partial charge >= 0.3 is 0 Å². The second-order valence-corrected chi connectivity index (χ2v) is 6.80. The summed E-state index contributed by atoms with van der Waals surface area (Å²) in [4.78, 5) is 0. The van der Waals surface area contributed by atoms with Crippen molar-refractivity contribution in [2.45, 2.75) is 4.34 Å². The predicted molar refractivity (Wildman–Crippen MR) is 69.3 cm³/mol. The zero-order chi connectivity index (χ0) is 12.5. The van der Waals surface area contributed by atoms with Crippen molar-refractivity contribution < 1.29 is 8.42 Å². The van der Waals surface area contributed by atoms with Crippen LogP contribution >= 0.6 is 27.3 Å². The molecule has 0 bridgehead atoms. The van der Waals surface area contributed by atoms with Crippen LogP contribution in [0.4, 0.5) is 10.8 Å². The molecule has 0 unspecified atom stereocenters. The van der Waals surface area contributed by atoms with E-state index in [-0.39, 0.29) is 9.47 Å². The number of nitrogens with one attached hydrogen (secondary N) is 1. The molecule has 0 aliphatic heterocycles. The van der Waals surface area contributed by atoms with E-state index in [1.54, 1.807) is 24.3 Å². The molecule has 6 nitrogen and oxygen atoms in total. The number of sulfonamides is 1. The van der Waals surface area contributed by atoms with E-state index in [9.17, 15) is 8.42 Å². The summed E-state index contributed by atoms with van der Waals surface area (Å²) in [7, 11) is -3.72. The monoisotopic (exact) mass is 334 g/mol. The van der Waals surface area contributed by atoms with Crippen LogP contribution < -0.4 is 10.5 Å². The van der Waals surface area contributed by atoms with Gasteiger partial charge in [-0.2, -0.15) is 8.42 Å². The smallest absolute Gasteiger partial charge is 0.291 e. The van der Waals surface area contributed by atoms with Gasteiger partial charge in [-0.3, -0.25) is 4.72 Å². The number of benzene rings is 1. The van der Waals surface area contributed by atoms with Gasteiger partial charge in [0.25, 0.3) is 14.4 Å². The van der Waals surface area contributed by atoms with Gasteiger partial charge in [-0.25, -0.2) is 0 Å². The molecule has 0 aliphatic carbocycles. The number of rotatable bonds is 3. The van der Waals surface area contributed by atoms with Crippen LogP contribution in [-0.2, 0) is 10.0 Å². The van der Waals surface area contributed by atoms with E-state index >= 15 is 0 Å². The summed E-state index contributed by atoms with van der Waals surface area (Å²) < 4.78 is 26.7. The zero-order valence-electron chi connectivity index (χ0n) is 8.29. The van der Waals surface area contributed by atoms with Gasteiger partial charge in [0, 0.05) is 4.47 Å². The Morgan fingerprint density at radius 3 is 2.71 bits per heavy atom. The Morgan fingerprint density at radius 2 is 2.12 bits per heavy atom. The number of halogens is 1. The Bertz CT molecular complexity index is 640. The van der Waals surface area contributed by atoms with Crippen LogP contribution in [0.25, 0.3) is 0 Å². The topological polar surface area (TPSA) is 98.0 Å². The predicted octanol–water partition coefficient (Wildman–Crippen LogP) is 1.68. The third-order valence-corrected chi connectivity index (χ3v) is 4.72. The summed E-state index contributed by atoms with van der Waals surface area (Å²) in [6, 6.07) is 6.78. The summed E-state index contributed by atoms with van der Waals surface area (Å²) in [5, 5.41) is 7.06. The first-order valence-corrected chi connectivity index (χ1v) is 7.44. The highest BCUT2D eigenvalue weighted by Gasteiger charge is 2.19. The lowest BCUT2D eigenvalue weighted by Gasteiger charge is -2.04. The van der Waals surface area contributed by atoms with Crippen molar-refractivity contribution in [2.24, 2.45) is 0 Å². The van der Waals surface area contributed by atoms with Gasteiger partial charge in [0.05, 0.1) is 5.69 Å². The normalized spacial score (nSPS) is 11.4. The SMILES string of the molecule is Nc1nnc(S(=O)(=O)Nc2cccc(Br)c2)s1. The minimum absolute atomic E-state index is 0.111. The molecule has 17 heavy (non-hydrogen) atoms. The number of aromatic nitrogens is 2. The van der Waals surface area contributed by atoms with E-state index in [0.29, 0.717) is 5.69 Å². The molecular formula is C8H7BrN4O2S2. The summed E-state index contributed by atoms with van der Waals surface area (Å²) in [6.07, 6.45) is 0. The molecule has 0 aliphatic rings. The lowest BCUT2D eigenvalue weighted by molar-refractivity contribution is 0.599. The number of anilines is 2. The van der Waals surface area contributed by atoms with E-state index in [0.717, 1.165) is 15.8 Å². The van der Waals surface area contributed by atoms with Crippen LogP contribution in [0.2, 0.25) is 0 Å². The fourth-order valence-corrected chi connectivity index (χ4v) is 3.31. The van der Waals surface area contributed by atoms with Gasteiger partial charge in [0.2, 0.25) is 5.13 Å². The molecule has 0 saturated heterocycles. The number of hydrogen-bond acceptors (Lipinski definition) is 6. The lowest BCUT2D eigenvalue weighted by Crippen LogP contribution is -2.12. The van der Waals surface area contributed by atoms with Crippen molar-refractivity contribution >= 4 is 48.1 Å². The largest absolute Gasteiger partial charge is 0.374 e. The minimum atomic E-state index is -3.72. The van der Waals surface area contributed by atoms with Crippen molar-refractivity contribution in [3.05, 3.63) is 28.7 Å². The van der Waals surface area contributed by atoms with Crippen molar-refractivity contribution in [1.29, 1.82) is 0 Å². The Kier molecular flexibility index (Phi) is 3.31. The number of nitrogens with zero attached hydrogens (tertiary/aromatic N) is 2. The average Bonchev–Trinajstić information content (AvgIpc) is 2.65. The van der Waals surface area contributed by atoms with E-state index in [1.165, 1.54) is 0 Å². The molecule has 1 aromatic heterocycles. The molecule has 3 N–H and O–H groups in total. The fraction of sp³-hybridized carbons (Fsp3) is 0. The molecule has 0 fully saturated rings. The second kappa shape index (κ2) is 4.59. The quantitative estimate of drug-likeness (QED) is 0.889. The summed E-state index contributed by atoms with van der Waals surface area (Å²) in [5.74, 6) is 0. The van der Waals surface area contributed by atoms with Crippen molar-refractivity contribution in [3.8, 4) is 0 Å².